The van der Waals surface area contributed by atoms with Crippen molar-refractivity contribution in [2.75, 3.05) is 32.7 Å². The van der Waals surface area contributed by atoms with Gasteiger partial charge in [0.2, 0.25) is 17.6 Å². The molecular weight excluding hydrogens is 384 g/mol. The minimum atomic E-state index is -2.93. The fraction of sp³-hybridized carbons (Fsp3) is 0.526. The van der Waals surface area contributed by atoms with E-state index in [4.69, 9.17) is 4.52 Å². The summed E-state index contributed by atoms with van der Waals surface area (Å²) in [6, 6.07) is 6.73. The van der Waals surface area contributed by atoms with Gasteiger partial charge < -0.3 is 14.6 Å². The Morgan fingerprint density at radius 1 is 1.21 bits per heavy atom. The van der Waals surface area contributed by atoms with E-state index >= 15 is 0 Å². The Hall–Kier alpha value is -2.59. The van der Waals surface area contributed by atoms with Gasteiger partial charge in [-0.15, -0.1) is 0 Å². The van der Waals surface area contributed by atoms with E-state index in [1.165, 1.54) is 6.07 Å². The highest BCUT2D eigenvalue weighted by Gasteiger charge is 2.26. The van der Waals surface area contributed by atoms with Crippen LogP contribution in [0.3, 0.4) is 0 Å². The van der Waals surface area contributed by atoms with Crippen LogP contribution in [-0.2, 0) is 11.3 Å². The molecule has 1 aliphatic carbocycles. The molecule has 4 rings (SSSR count). The molecule has 1 aliphatic heterocycles. The number of carbonyl (C=O) groups excluding carboxylic acids is 1. The Morgan fingerprint density at radius 2 is 1.93 bits per heavy atom. The average Bonchev–Trinajstić information content (AvgIpc) is 3.38. The van der Waals surface area contributed by atoms with Gasteiger partial charge in [-0.05, 0) is 25.0 Å². The standard InChI is InChI=1S/C19H23F2N5O3/c20-19(21)28-15-4-2-1-3-14(15)18-23-17(29-24-18)12-26-9-7-25(8-10-26)11-16(27)22-13-5-6-13/h1-4,13,19H,5-12H2,(H,22,27). The number of nitrogens with zero attached hydrogens (tertiary/aromatic N) is 4. The summed E-state index contributed by atoms with van der Waals surface area (Å²) in [5.74, 6) is 0.721. The topological polar surface area (TPSA) is 83.7 Å². The molecule has 29 heavy (non-hydrogen) atoms. The largest absolute Gasteiger partial charge is 0.434 e. The van der Waals surface area contributed by atoms with Crippen LogP contribution in [0.1, 0.15) is 18.7 Å². The number of benzene rings is 1. The second kappa shape index (κ2) is 8.83. The summed E-state index contributed by atoms with van der Waals surface area (Å²) >= 11 is 0. The molecule has 1 aromatic carbocycles. The molecule has 2 fully saturated rings. The molecule has 0 spiro atoms. The van der Waals surface area contributed by atoms with E-state index in [0.29, 0.717) is 30.6 Å². The molecule has 2 aromatic rings. The monoisotopic (exact) mass is 407 g/mol. The zero-order valence-electron chi connectivity index (χ0n) is 15.9. The third kappa shape index (κ3) is 5.48. The molecule has 0 unspecified atom stereocenters. The maximum atomic E-state index is 12.6. The predicted octanol–water partition coefficient (Wildman–Crippen LogP) is 1.73. The number of rotatable bonds is 8. The number of nitrogens with one attached hydrogen (secondary N) is 1. The van der Waals surface area contributed by atoms with Crippen molar-refractivity contribution in [3.63, 3.8) is 0 Å². The highest BCUT2D eigenvalue weighted by molar-refractivity contribution is 5.78. The van der Waals surface area contributed by atoms with Crippen LogP contribution in [0.4, 0.5) is 8.78 Å². The van der Waals surface area contributed by atoms with Crippen molar-refractivity contribution in [2.45, 2.75) is 32.0 Å². The first-order valence-electron chi connectivity index (χ1n) is 9.67. The van der Waals surface area contributed by atoms with Gasteiger partial charge in [-0.1, -0.05) is 17.3 Å². The molecule has 1 N–H and O–H groups in total. The van der Waals surface area contributed by atoms with E-state index in [-0.39, 0.29) is 17.5 Å². The third-order valence-corrected chi connectivity index (χ3v) is 4.95. The maximum Gasteiger partial charge on any atom is 0.387 e. The number of hydrogen-bond acceptors (Lipinski definition) is 7. The molecule has 1 amide bonds. The first-order valence-corrected chi connectivity index (χ1v) is 9.67. The van der Waals surface area contributed by atoms with E-state index in [2.05, 4.69) is 30.0 Å². The zero-order valence-corrected chi connectivity index (χ0v) is 15.9. The molecule has 0 radical (unpaired) electrons. The van der Waals surface area contributed by atoms with Gasteiger partial charge in [0.25, 0.3) is 0 Å². The van der Waals surface area contributed by atoms with Gasteiger partial charge in [0.05, 0.1) is 18.7 Å². The molecule has 2 heterocycles. The van der Waals surface area contributed by atoms with Crippen molar-refractivity contribution in [3.05, 3.63) is 30.2 Å². The quantitative estimate of drug-likeness (QED) is 0.714. The number of amides is 1. The van der Waals surface area contributed by atoms with Crippen LogP contribution in [0, 0.1) is 0 Å². The lowest BCUT2D eigenvalue weighted by atomic mass is 10.2. The fourth-order valence-corrected chi connectivity index (χ4v) is 3.28. The number of carbonyl (C=O) groups is 1. The molecule has 10 heteroatoms. The van der Waals surface area contributed by atoms with E-state index in [1.54, 1.807) is 18.2 Å². The molecule has 1 aromatic heterocycles. The van der Waals surface area contributed by atoms with Crippen molar-refractivity contribution < 1.29 is 22.8 Å². The summed E-state index contributed by atoms with van der Waals surface area (Å²) in [6.07, 6.45) is 2.18. The summed E-state index contributed by atoms with van der Waals surface area (Å²) in [5, 5.41) is 6.91. The van der Waals surface area contributed by atoms with E-state index in [1.807, 2.05) is 0 Å². The van der Waals surface area contributed by atoms with Crippen molar-refractivity contribution >= 4 is 5.91 Å². The predicted molar refractivity (Wildman–Crippen MR) is 99.2 cm³/mol. The van der Waals surface area contributed by atoms with Gasteiger partial charge in [0, 0.05) is 32.2 Å². The summed E-state index contributed by atoms with van der Waals surface area (Å²) in [6.45, 7) is 1.08. The van der Waals surface area contributed by atoms with Crippen molar-refractivity contribution in [2.24, 2.45) is 0 Å². The summed E-state index contributed by atoms with van der Waals surface area (Å²) in [5.41, 5.74) is 0.356. The molecule has 2 aliphatic rings. The van der Waals surface area contributed by atoms with Gasteiger partial charge in [0.1, 0.15) is 5.75 Å². The van der Waals surface area contributed by atoms with Crippen LogP contribution in [0.5, 0.6) is 5.75 Å². The number of halogens is 2. The van der Waals surface area contributed by atoms with Gasteiger partial charge in [0.15, 0.2) is 0 Å². The second-order valence-electron chi connectivity index (χ2n) is 7.28. The highest BCUT2D eigenvalue weighted by Crippen LogP contribution is 2.29. The molecule has 8 nitrogen and oxygen atoms in total. The molecule has 1 saturated heterocycles. The number of ether oxygens (including phenoxy) is 1. The average molecular weight is 407 g/mol. The van der Waals surface area contributed by atoms with Gasteiger partial charge in [-0.25, -0.2) is 0 Å². The third-order valence-electron chi connectivity index (χ3n) is 4.95. The van der Waals surface area contributed by atoms with Gasteiger partial charge in [-0.3, -0.25) is 14.6 Å². The summed E-state index contributed by atoms with van der Waals surface area (Å²) in [7, 11) is 0. The Kier molecular flexibility index (Phi) is 6.00. The maximum absolute atomic E-state index is 12.6. The second-order valence-corrected chi connectivity index (χ2v) is 7.28. The first kappa shape index (κ1) is 19.7. The normalized spacial score (nSPS) is 18.2. The SMILES string of the molecule is O=C(CN1CCN(Cc2nc(-c3ccccc3OC(F)F)no2)CC1)NC1CC1. The first-order chi connectivity index (χ1) is 14.1. The molecule has 0 atom stereocenters. The number of aromatic nitrogens is 2. The van der Waals surface area contributed by atoms with Crippen molar-refractivity contribution in [1.29, 1.82) is 0 Å². The molecule has 156 valence electrons. The van der Waals surface area contributed by atoms with Crippen LogP contribution in [0.2, 0.25) is 0 Å². The minimum absolute atomic E-state index is 0.00735. The molecule has 0 bridgehead atoms. The lowest BCUT2D eigenvalue weighted by Gasteiger charge is -2.33. The van der Waals surface area contributed by atoms with Gasteiger partial charge >= 0.3 is 6.61 Å². The smallest absolute Gasteiger partial charge is 0.387 e. The fourth-order valence-electron chi connectivity index (χ4n) is 3.28. The number of hydrogen-bond donors (Lipinski definition) is 1. The van der Waals surface area contributed by atoms with E-state index < -0.39 is 6.61 Å². The zero-order chi connectivity index (χ0) is 20.2. The van der Waals surface area contributed by atoms with Crippen LogP contribution in [0.15, 0.2) is 28.8 Å². The molecule has 1 saturated carbocycles. The van der Waals surface area contributed by atoms with Crippen LogP contribution >= 0.6 is 0 Å². The Balaban J connectivity index is 1.29. The number of alkyl halides is 2. The minimum Gasteiger partial charge on any atom is -0.434 e. The summed E-state index contributed by atoms with van der Waals surface area (Å²) in [4.78, 5) is 20.5. The van der Waals surface area contributed by atoms with Crippen LogP contribution in [0.25, 0.3) is 11.4 Å². The van der Waals surface area contributed by atoms with Crippen molar-refractivity contribution in [1.82, 2.24) is 25.3 Å². The number of piperazine rings is 1. The van der Waals surface area contributed by atoms with Crippen LogP contribution < -0.4 is 10.1 Å². The molecular formula is C19H23F2N5O3. The van der Waals surface area contributed by atoms with Crippen molar-refractivity contribution in [3.8, 4) is 17.1 Å². The van der Waals surface area contributed by atoms with Gasteiger partial charge in [-0.2, -0.15) is 13.8 Å². The Morgan fingerprint density at radius 3 is 2.66 bits per heavy atom. The number of para-hydroxylation sites is 1. The Bertz CT molecular complexity index is 835. The lowest BCUT2D eigenvalue weighted by molar-refractivity contribution is -0.122. The van der Waals surface area contributed by atoms with E-state index in [9.17, 15) is 13.6 Å². The summed E-state index contributed by atoms with van der Waals surface area (Å²) < 4.78 is 35.0. The van der Waals surface area contributed by atoms with Crippen LogP contribution in [-0.4, -0.2) is 71.2 Å². The lowest BCUT2D eigenvalue weighted by Crippen LogP contribution is -2.49. The van der Waals surface area contributed by atoms with E-state index in [0.717, 1.165) is 39.0 Å². The Labute approximate surface area is 166 Å². The highest BCUT2D eigenvalue weighted by atomic mass is 19.3.